The van der Waals surface area contributed by atoms with Crippen molar-refractivity contribution in [1.29, 1.82) is 10.8 Å². The van der Waals surface area contributed by atoms with Gasteiger partial charge < -0.3 is 25.0 Å². The van der Waals surface area contributed by atoms with Gasteiger partial charge in [-0.1, -0.05) is 141 Å². The van der Waals surface area contributed by atoms with Gasteiger partial charge in [-0.15, -0.1) is 0 Å². The maximum Gasteiger partial charge on any atom is 0.367 e. The Labute approximate surface area is 376 Å². The van der Waals surface area contributed by atoms with Crippen molar-refractivity contribution < 1.29 is 19.6 Å². The number of fused-ring (bicyclic) bond motifs is 3. The second-order valence-electron chi connectivity index (χ2n) is 17.8. The number of ether oxygens (including phenoxy) is 3. The van der Waals surface area contributed by atoms with E-state index in [0.717, 1.165) is 47.9 Å². The zero-order chi connectivity index (χ0) is 43.9. The summed E-state index contributed by atoms with van der Waals surface area (Å²) in [4.78, 5) is 0. The molecule has 61 heavy (non-hydrogen) atoms. The van der Waals surface area contributed by atoms with E-state index in [2.05, 4.69) is 129 Å². The number of halogens is 2. The third-order valence-corrected chi connectivity index (χ3v) is 12.0. The molecule has 1 atom stereocenters. The molecule has 0 bridgehead atoms. The summed E-state index contributed by atoms with van der Waals surface area (Å²) in [6, 6.07) is 43.7. The lowest BCUT2D eigenvalue weighted by Gasteiger charge is -2.33. The van der Waals surface area contributed by atoms with Crippen LogP contribution in [-0.2, 0) is 21.4 Å². The Hall–Kier alpha value is -5.57. The highest BCUT2D eigenvalue weighted by Crippen LogP contribution is 2.52. The van der Waals surface area contributed by atoms with Gasteiger partial charge in [-0.3, -0.25) is 0 Å². The average molecular weight is 939 g/mol. The molecule has 0 aromatic heterocycles. The van der Waals surface area contributed by atoms with Crippen molar-refractivity contribution in [1.82, 2.24) is 0 Å². The summed E-state index contributed by atoms with van der Waals surface area (Å²) in [6.45, 7) is 19.2. The molecule has 0 saturated carbocycles. The topological polar surface area (TPSA) is 101 Å². The van der Waals surface area contributed by atoms with Gasteiger partial charge in [0, 0.05) is 26.8 Å². The summed E-state index contributed by atoms with van der Waals surface area (Å²) < 4.78 is 22.2. The molecule has 1 aliphatic rings. The van der Waals surface area contributed by atoms with Crippen LogP contribution in [-0.4, -0.2) is 17.3 Å². The SMILES string of the molecule is C=C(C)C(OC(=[NH2+])c1ccc(OC2(Oc3ccc(C(=N)CC(=N)c4ccc(C(C)(C)C)cc4)cc3)c3cc(Br)ccc3-c3ccc(Br)cc32)cc1)c1ccc(C(C)(C)C)cc1. The maximum absolute atomic E-state index is 8.91. The Bertz CT molecular complexity index is 2580. The van der Waals surface area contributed by atoms with Crippen LogP contribution >= 0.6 is 31.9 Å². The number of hydrogen-bond donors (Lipinski definition) is 3. The smallest absolute Gasteiger partial charge is 0.367 e. The van der Waals surface area contributed by atoms with Crippen molar-refractivity contribution in [3.63, 3.8) is 0 Å². The number of benzene rings is 6. The highest BCUT2D eigenvalue weighted by molar-refractivity contribution is 9.10. The van der Waals surface area contributed by atoms with Crippen LogP contribution in [0.1, 0.15) is 105 Å². The quantitative estimate of drug-likeness (QED) is 0.0493. The second kappa shape index (κ2) is 17.1. The van der Waals surface area contributed by atoms with Gasteiger partial charge in [0.25, 0.3) is 0 Å². The highest BCUT2D eigenvalue weighted by Gasteiger charge is 2.49. The second-order valence-corrected chi connectivity index (χ2v) is 19.6. The first-order valence-electron chi connectivity index (χ1n) is 20.3. The number of rotatable bonds is 12. The van der Waals surface area contributed by atoms with E-state index < -0.39 is 11.9 Å². The van der Waals surface area contributed by atoms with Crippen LogP contribution in [0.2, 0.25) is 0 Å². The zero-order valence-corrected chi connectivity index (χ0v) is 38.9. The Kier molecular flexibility index (Phi) is 12.2. The van der Waals surface area contributed by atoms with Crippen LogP contribution in [0.15, 0.2) is 155 Å². The first-order valence-corrected chi connectivity index (χ1v) is 21.9. The third kappa shape index (κ3) is 9.36. The molecule has 310 valence electrons. The van der Waals surface area contributed by atoms with Crippen molar-refractivity contribution in [2.45, 2.75) is 77.6 Å². The van der Waals surface area contributed by atoms with Gasteiger partial charge >= 0.3 is 11.7 Å². The fourth-order valence-corrected chi connectivity index (χ4v) is 8.26. The zero-order valence-electron chi connectivity index (χ0n) is 35.8. The van der Waals surface area contributed by atoms with Crippen molar-refractivity contribution in [3.05, 3.63) is 199 Å². The number of hydrogen-bond acceptors (Lipinski definition) is 5. The Morgan fingerprint density at radius 3 is 1.41 bits per heavy atom. The van der Waals surface area contributed by atoms with Crippen LogP contribution in [0, 0.1) is 10.8 Å². The molecule has 4 N–H and O–H groups in total. The Morgan fingerprint density at radius 1 is 0.607 bits per heavy atom. The van der Waals surface area contributed by atoms with Crippen molar-refractivity contribution in [2.24, 2.45) is 0 Å². The van der Waals surface area contributed by atoms with E-state index in [9.17, 15) is 0 Å². The van der Waals surface area contributed by atoms with Gasteiger partial charge in [0.1, 0.15) is 11.5 Å². The molecule has 1 unspecified atom stereocenters. The number of nitrogens with one attached hydrogen (secondary N) is 2. The minimum atomic E-state index is -1.40. The summed E-state index contributed by atoms with van der Waals surface area (Å²) in [5, 5.41) is 24.3. The molecule has 0 saturated heterocycles. The molecular weight excluding hydrogens is 886 g/mol. The summed E-state index contributed by atoms with van der Waals surface area (Å²) in [5.74, 6) is -0.0234. The predicted octanol–water partition coefficient (Wildman–Crippen LogP) is 12.8. The van der Waals surface area contributed by atoms with Crippen LogP contribution in [0.25, 0.3) is 11.1 Å². The van der Waals surface area contributed by atoms with Gasteiger partial charge in [0.05, 0.1) is 16.7 Å². The molecule has 0 amide bonds. The average Bonchev–Trinajstić information content (AvgIpc) is 3.46. The minimum absolute atomic E-state index is 0.0271. The number of nitrogens with two attached hydrogens (primary N) is 1. The molecule has 7 rings (SSSR count). The lowest BCUT2D eigenvalue weighted by molar-refractivity contribution is -0.142. The van der Waals surface area contributed by atoms with E-state index in [-0.39, 0.29) is 23.1 Å². The van der Waals surface area contributed by atoms with E-state index >= 15 is 0 Å². The predicted molar refractivity (Wildman–Crippen MR) is 255 cm³/mol. The lowest BCUT2D eigenvalue weighted by Crippen LogP contribution is -2.43. The van der Waals surface area contributed by atoms with Crippen molar-refractivity contribution >= 4 is 49.2 Å². The molecule has 0 fully saturated rings. The molecule has 0 spiro atoms. The Morgan fingerprint density at radius 2 is 1.00 bits per heavy atom. The molecule has 6 aromatic rings. The van der Waals surface area contributed by atoms with Gasteiger partial charge in [-0.2, -0.15) is 0 Å². The molecule has 8 heteroatoms. The van der Waals surface area contributed by atoms with Crippen molar-refractivity contribution in [3.8, 4) is 22.6 Å². The first-order chi connectivity index (χ1) is 28.8. The Balaban J connectivity index is 1.15. The third-order valence-electron chi connectivity index (χ3n) is 11.1. The first kappa shape index (κ1) is 43.5. The normalized spacial score (nSPS) is 13.4. The molecular formula is C53H52Br2N3O3+. The van der Waals surface area contributed by atoms with E-state index in [0.29, 0.717) is 34.0 Å². The van der Waals surface area contributed by atoms with Crippen LogP contribution in [0.3, 0.4) is 0 Å². The minimum Gasteiger partial charge on any atom is -0.444 e. The van der Waals surface area contributed by atoms with Gasteiger partial charge in [0.15, 0.2) is 6.10 Å². The standard InChI is InChI=1S/C53H51Br2N3O3/c1-32(2)49(35-11-19-38(20-12-35)52(6,7)8)59-50(58)36-15-25-42(26-16-36)61-53(45-29-39(54)21-27-43(45)44-28-22-40(55)30-46(44)53)60-41-23-13-34(14-24-41)48(57)31-47(56)33-9-17-37(18-10-33)51(3,4)5/h9-30,49,56-58H,1,31H2,2-8H3/p+1. The van der Waals surface area contributed by atoms with Crippen LogP contribution < -0.4 is 14.9 Å². The summed E-state index contributed by atoms with van der Waals surface area (Å²) in [7, 11) is 0. The van der Waals surface area contributed by atoms with Gasteiger partial charge in [0.2, 0.25) is 0 Å². The molecule has 6 aromatic carbocycles. The maximum atomic E-state index is 8.91. The highest BCUT2D eigenvalue weighted by atomic mass is 79.9. The molecule has 1 aliphatic carbocycles. The van der Waals surface area contributed by atoms with Crippen molar-refractivity contribution in [2.75, 3.05) is 0 Å². The molecule has 0 radical (unpaired) electrons. The fourth-order valence-electron chi connectivity index (χ4n) is 7.53. The lowest BCUT2D eigenvalue weighted by atomic mass is 9.86. The fraction of sp³-hybridized carbons (Fsp3) is 0.226. The monoisotopic (exact) mass is 936 g/mol. The van der Waals surface area contributed by atoms with E-state index in [1.54, 1.807) is 0 Å². The molecule has 0 aliphatic heterocycles. The van der Waals surface area contributed by atoms with E-state index in [1.165, 1.54) is 11.1 Å². The summed E-state index contributed by atoms with van der Waals surface area (Å²) in [5.41, 5.74) is 10.9. The molecule has 6 nitrogen and oxygen atoms in total. The van der Waals surface area contributed by atoms with Gasteiger partial charge in [-0.05, 0) is 135 Å². The van der Waals surface area contributed by atoms with E-state index in [1.807, 2.05) is 91.9 Å². The largest absolute Gasteiger partial charge is 0.444 e. The molecule has 0 heterocycles. The van der Waals surface area contributed by atoms with E-state index in [4.69, 9.17) is 30.4 Å². The van der Waals surface area contributed by atoms with Crippen LogP contribution in [0.5, 0.6) is 11.5 Å². The van der Waals surface area contributed by atoms with Crippen LogP contribution in [0.4, 0.5) is 0 Å². The van der Waals surface area contributed by atoms with Gasteiger partial charge in [-0.25, -0.2) is 5.41 Å². The summed E-state index contributed by atoms with van der Waals surface area (Å²) in [6.07, 6.45) is -0.218. The summed E-state index contributed by atoms with van der Waals surface area (Å²) >= 11 is 7.41.